The van der Waals surface area contributed by atoms with E-state index in [4.69, 9.17) is 5.10 Å². The van der Waals surface area contributed by atoms with E-state index in [2.05, 4.69) is 90.7 Å². The van der Waals surface area contributed by atoms with Gasteiger partial charge in [-0.2, -0.15) is 5.10 Å². The summed E-state index contributed by atoms with van der Waals surface area (Å²) in [6, 6.07) is 22.0. The molecular formula is C24H29N3. The smallest absolute Gasteiger partial charge is 0.0805 e. The molecule has 2 unspecified atom stereocenters. The van der Waals surface area contributed by atoms with Crippen LogP contribution in [0.2, 0.25) is 0 Å². The van der Waals surface area contributed by atoms with E-state index < -0.39 is 0 Å². The van der Waals surface area contributed by atoms with Gasteiger partial charge >= 0.3 is 0 Å². The maximum Gasteiger partial charge on any atom is 0.0805 e. The lowest BCUT2D eigenvalue weighted by molar-refractivity contribution is 0.179. The number of nitrogens with zero attached hydrogens (tertiary/aromatic N) is 3. The van der Waals surface area contributed by atoms with Crippen LogP contribution in [0, 0.1) is 5.92 Å². The highest BCUT2D eigenvalue weighted by molar-refractivity contribution is 6.07. The van der Waals surface area contributed by atoms with E-state index in [1.165, 1.54) is 35.3 Å². The summed E-state index contributed by atoms with van der Waals surface area (Å²) >= 11 is 0. The van der Waals surface area contributed by atoms with Gasteiger partial charge in [-0.05, 0) is 56.1 Å². The Morgan fingerprint density at radius 1 is 1.04 bits per heavy atom. The van der Waals surface area contributed by atoms with Gasteiger partial charge in [-0.15, -0.1) is 0 Å². The molecule has 0 amide bonds. The Balaban J connectivity index is 1.68. The van der Waals surface area contributed by atoms with Crippen molar-refractivity contribution in [3.63, 3.8) is 0 Å². The van der Waals surface area contributed by atoms with Gasteiger partial charge in [0.1, 0.15) is 0 Å². The monoisotopic (exact) mass is 359 g/mol. The van der Waals surface area contributed by atoms with Crippen molar-refractivity contribution in [2.24, 2.45) is 11.0 Å². The molecule has 0 spiro atoms. The molecule has 1 saturated carbocycles. The quantitative estimate of drug-likeness (QED) is 0.760. The molecule has 4 rings (SSSR count). The van der Waals surface area contributed by atoms with Crippen molar-refractivity contribution in [2.45, 2.75) is 25.3 Å². The first-order valence-corrected chi connectivity index (χ1v) is 10.0. The van der Waals surface area contributed by atoms with Gasteiger partial charge in [0.2, 0.25) is 0 Å². The van der Waals surface area contributed by atoms with Crippen LogP contribution in [0.25, 0.3) is 6.08 Å². The van der Waals surface area contributed by atoms with Crippen molar-refractivity contribution in [1.29, 1.82) is 0 Å². The number of rotatable bonds is 5. The Morgan fingerprint density at radius 3 is 2.44 bits per heavy atom. The van der Waals surface area contributed by atoms with Crippen molar-refractivity contribution in [2.75, 3.05) is 27.2 Å². The summed E-state index contributed by atoms with van der Waals surface area (Å²) < 4.78 is 0. The second-order valence-electron chi connectivity index (χ2n) is 7.89. The Hall–Kier alpha value is -2.39. The van der Waals surface area contributed by atoms with Crippen LogP contribution in [-0.2, 0) is 0 Å². The minimum atomic E-state index is 0.362. The van der Waals surface area contributed by atoms with Gasteiger partial charge in [0.05, 0.1) is 11.8 Å². The van der Waals surface area contributed by atoms with Crippen LogP contribution in [0.1, 0.15) is 36.4 Å². The zero-order valence-corrected chi connectivity index (χ0v) is 16.4. The summed E-state index contributed by atoms with van der Waals surface area (Å²) in [4.78, 5) is 2.24. The van der Waals surface area contributed by atoms with Gasteiger partial charge in [-0.25, -0.2) is 0 Å². The third-order valence-corrected chi connectivity index (χ3v) is 5.64. The zero-order valence-electron chi connectivity index (χ0n) is 16.4. The Kier molecular flexibility index (Phi) is 5.40. The molecule has 2 atom stereocenters. The van der Waals surface area contributed by atoms with Crippen LogP contribution in [0.15, 0.2) is 71.3 Å². The van der Waals surface area contributed by atoms with Gasteiger partial charge in [0, 0.05) is 19.0 Å². The molecule has 1 aliphatic carbocycles. The largest absolute Gasteiger partial charge is 0.308 e. The molecule has 27 heavy (non-hydrogen) atoms. The third kappa shape index (κ3) is 3.98. The first-order chi connectivity index (χ1) is 13.2. The van der Waals surface area contributed by atoms with Crippen LogP contribution in [0.4, 0.5) is 0 Å². The molecule has 1 aliphatic heterocycles. The van der Waals surface area contributed by atoms with Crippen molar-refractivity contribution < 1.29 is 0 Å². The topological polar surface area (TPSA) is 18.8 Å². The second kappa shape index (κ2) is 8.10. The van der Waals surface area contributed by atoms with Gasteiger partial charge in [0.15, 0.2) is 0 Å². The zero-order chi connectivity index (χ0) is 18.6. The predicted molar refractivity (Wildman–Crippen MR) is 114 cm³/mol. The average molecular weight is 360 g/mol. The van der Waals surface area contributed by atoms with Crippen molar-refractivity contribution >= 4 is 11.8 Å². The number of fused-ring (bicyclic) bond motifs is 1. The van der Waals surface area contributed by atoms with Crippen molar-refractivity contribution in [3.05, 3.63) is 77.4 Å². The lowest BCUT2D eigenvalue weighted by Crippen LogP contribution is -2.32. The summed E-state index contributed by atoms with van der Waals surface area (Å²) in [7, 11) is 4.27. The Morgan fingerprint density at radius 2 is 1.74 bits per heavy atom. The summed E-state index contributed by atoms with van der Waals surface area (Å²) in [6.45, 7) is 1.98. The highest BCUT2D eigenvalue weighted by Gasteiger charge is 2.40. The first-order valence-electron chi connectivity index (χ1n) is 10.0. The van der Waals surface area contributed by atoms with Crippen LogP contribution in [0.3, 0.4) is 0 Å². The Bertz CT molecular complexity index is 808. The normalized spacial score (nSPS) is 23.6. The van der Waals surface area contributed by atoms with E-state index in [1.807, 2.05) is 0 Å². The number of allylic oxidation sites excluding steroid dienone is 1. The van der Waals surface area contributed by atoms with Crippen LogP contribution in [-0.4, -0.2) is 42.8 Å². The van der Waals surface area contributed by atoms with Crippen LogP contribution >= 0.6 is 0 Å². The molecule has 1 fully saturated rings. The molecular weight excluding hydrogens is 330 g/mol. The number of hydrazone groups is 1. The minimum Gasteiger partial charge on any atom is -0.308 e. The fourth-order valence-electron chi connectivity index (χ4n) is 4.31. The molecule has 140 valence electrons. The fourth-order valence-corrected chi connectivity index (χ4v) is 4.31. The minimum absolute atomic E-state index is 0.362. The van der Waals surface area contributed by atoms with E-state index in [0.717, 1.165) is 19.5 Å². The van der Waals surface area contributed by atoms with E-state index in [0.29, 0.717) is 12.0 Å². The predicted octanol–water partition coefficient (Wildman–Crippen LogP) is 4.84. The summed E-state index contributed by atoms with van der Waals surface area (Å²) in [5.41, 5.74) is 5.41. The van der Waals surface area contributed by atoms with E-state index in [-0.39, 0.29) is 0 Å². The molecule has 0 N–H and O–H groups in total. The molecule has 3 nitrogen and oxygen atoms in total. The maximum atomic E-state index is 5.17. The molecule has 2 aromatic rings. The summed E-state index contributed by atoms with van der Waals surface area (Å²) in [5.74, 6) is 0.498. The molecule has 0 aromatic heterocycles. The van der Waals surface area contributed by atoms with Gasteiger partial charge in [-0.3, -0.25) is 5.01 Å². The van der Waals surface area contributed by atoms with Crippen molar-refractivity contribution in [3.8, 4) is 0 Å². The van der Waals surface area contributed by atoms with E-state index >= 15 is 0 Å². The number of likely N-dealkylation sites (N-methyl/N-ethyl adjacent to an activating group) is 1. The standard InChI is InChI=1S/C24H29N3/c1-26(2)16-17-27-24(20-12-7-4-8-13-20)22-15-9-14-21(23(22)25-27)18-19-10-5-3-6-11-19/h3-8,10-13,18,22,24H,9,14-17H2,1-2H3. The molecule has 1 heterocycles. The molecule has 0 bridgehead atoms. The maximum absolute atomic E-state index is 5.17. The van der Waals surface area contributed by atoms with Gasteiger partial charge in [-0.1, -0.05) is 60.7 Å². The van der Waals surface area contributed by atoms with Gasteiger partial charge < -0.3 is 4.90 Å². The molecule has 2 aromatic carbocycles. The molecule has 2 aliphatic rings. The second-order valence-corrected chi connectivity index (χ2v) is 7.89. The van der Waals surface area contributed by atoms with E-state index in [1.54, 1.807) is 0 Å². The SMILES string of the molecule is CN(C)CCN1N=C2C(=Cc3ccccc3)CCCC2C1c1ccccc1. The van der Waals surface area contributed by atoms with Crippen LogP contribution < -0.4 is 0 Å². The molecule has 3 heteroatoms. The Labute approximate surface area is 163 Å². The summed E-state index contributed by atoms with van der Waals surface area (Å²) in [6.07, 6.45) is 5.95. The van der Waals surface area contributed by atoms with E-state index in [9.17, 15) is 0 Å². The third-order valence-electron chi connectivity index (χ3n) is 5.64. The fraction of sp³-hybridized carbons (Fsp3) is 0.375. The number of hydrogen-bond acceptors (Lipinski definition) is 3. The first kappa shape index (κ1) is 18.0. The summed E-state index contributed by atoms with van der Waals surface area (Å²) in [5, 5.41) is 7.52. The van der Waals surface area contributed by atoms with Gasteiger partial charge in [0.25, 0.3) is 0 Å². The lowest BCUT2D eigenvalue weighted by Gasteiger charge is -2.31. The molecule has 0 saturated heterocycles. The highest BCUT2D eigenvalue weighted by Crippen LogP contribution is 2.44. The van der Waals surface area contributed by atoms with Crippen molar-refractivity contribution in [1.82, 2.24) is 9.91 Å². The lowest BCUT2D eigenvalue weighted by atomic mass is 9.77. The highest BCUT2D eigenvalue weighted by atomic mass is 15.5. The average Bonchev–Trinajstić information content (AvgIpc) is 3.07. The van der Waals surface area contributed by atoms with Crippen LogP contribution in [0.5, 0.6) is 0 Å². The number of benzene rings is 2. The molecule has 0 radical (unpaired) electrons. The number of hydrogen-bond donors (Lipinski definition) is 0.